The van der Waals surface area contributed by atoms with Gasteiger partial charge in [-0.1, -0.05) is 30.3 Å². The molecule has 21 heavy (non-hydrogen) atoms. The first-order valence-electron chi connectivity index (χ1n) is 6.24. The summed E-state index contributed by atoms with van der Waals surface area (Å²) in [5.41, 5.74) is 1.71. The maximum Gasteiger partial charge on any atom is 0.336 e. The summed E-state index contributed by atoms with van der Waals surface area (Å²) in [5.74, 6) is -0.384. The van der Waals surface area contributed by atoms with Crippen LogP contribution in [0.2, 0.25) is 0 Å². The van der Waals surface area contributed by atoms with Gasteiger partial charge in [-0.2, -0.15) is 5.26 Å². The highest BCUT2D eigenvalue weighted by atomic mass is 16.5. The molecule has 0 unspecified atom stereocenters. The molecule has 0 atom stereocenters. The number of benzene rings is 2. The van der Waals surface area contributed by atoms with Crippen LogP contribution in [0.4, 0.5) is 0 Å². The van der Waals surface area contributed by atoms with Crippen molar-refractivity contribution < 1.29 is 14.6 Å². The van der Waals surface area contributed by atoms with E-state index in [0.29, 0.717) is 22.4 Å². The predicted octanol–water partition coefficient (Wildman–Crippen LogP) is 3.46. The number of carbonyl (C=O) groups is 1. The molecule has 0 radical (unpaired) electrons. The average molecular weight is 279 g/mol. The lowest BCUT2D eigenvalue weighted by Gasteiger charge is -2.05. The van der Waals surface area contributed by atoms with Crippen LogP contribution in [-0.4, -0.2) is 18.2 Å². The number of allylic oxidation sites excluding steroid dienone is 1. The first kappa shape index (κ1) is 14.4. The Morgan fingerprint density at radius 1 is 1.24 bits per heavy atom. The summed E-state index contributed by atoms with van der Waals surface area (Å²) in [6.45, 7) is 0. The van der Waals surface area contributed by atoms with Crippen LogP contribution in [0.5, 0.6) is 5.75 Å². The van der Waals surface area contributed by atoms with Crippen molar-refractivity contribution in [2.24, 2.45) is 0 Å². The van der Waals surface area contributed by atoms with Crippen LogP contribution in [0.15, 0.2) is 48.5 Å². The second-order valence-corrected chi connectivity index (χ2v) is 4.29. The van der Waals surface area contributed by atoms with E-state index in [1.165, 1.54) is 6.07 Å². The zero-order chi connectivity index (χ0) is 15.2. The van der Waals surface area contributed by atoms with Crippen molar-refractivity contribution in [3.8, 4) is 11.8 Å². The molecule has 104 valence electrons. The lowest BCUT2D eigenvalue weighted by molar-refractivity contribution is 0.0696. The van der Waals surface area contributed by atoms with E-state index in [1.54, 1.807) is 55.7 Å². The number of nitriles is 1. The Morgan fingerprint density at radius 2 is 2.00 bits per heavy atom. The number of hydrogen-bond donors (Lipinski definition) is 1. The molecule has 0 fully saturated rings. The molecule has 0 amide bonds. The molecule has 2 rings (SSSR count). The summed E-state index contributed by atoms with van der Waals surface area (Å²) < 4.78 is 5.13. The first-order valence-corrected chi connectivity index (χ1v) is 6.24. The third-order valence-electron chi connectivity index (χ3n) is 2.99. The van der Waals surface area contributed by atoms with E-state index in [9.17, 15) is 15.2 Å². The molecule has 0 spiro atoms. The third-order valence-corrected chi connectivity index (χ3v) is 2.99. The number of ether oxygens (including phenoxy) is 1. The van der Waals surface area contributed by atoms with Gasteiger partial charge >= 0.3 is 5.97 Å². The zero-order valence-electron chi connectivity index (χ0n) is 11.4. The van der Waals surface area contributed by atoms with Gasteiger partial charge in [0.2, 0.25) is 0 Å². The standard InChI is InChI=1S/C17H13NO3/c1-21-15-7-4-6-12(10-15)14(11-18)9-13-5-2-3-8-16(13)17(19)20/h2-10H,1H3,(H,19,20)/b14-9+. The quantitative estimate of drug-likeness (QED) is 0.687. The maximum absolute atomic E-state index is 11.2. The predicted molar refractivity (Wildman–Crippen MR) is 79.9 cm³/mol. The Bertz CT molecular complexity index is 742. The highest BCUT2D eigenvalue weighted by Gasteiger charge is 2.09. The Kier molecular flexibility index (Phi) is 4.37. The molecule has 0 aliphatic rings. The molecule has 4 heteroatoms. The minimum atomic E-state index is -1.02. The Balaban J connectivity index is 2.51. The molecule has 0 aromatic heterocycles. The number of nitrogens with zero attached hydrogens (tertiary/aromatic N) is 1. The number of rotatable bonds is 4. The van der Waals surface area contributed by atoms with Crippen molar-refractivity contribution in [3.63, 3.8) is 0 Å². The van der Waals surface area contributed by atoms with E-state index in [-0.39, 0.29) is 5.56 Å². The van der Waals surface area contributed by atoms with Crippen molar-refractivity contribution in [1.29, 1.82) is 5.26 Å². The summed E-state index contributed by atoms with van der Waals surface area (Å²) >= 11 is 0. The van der Waals surface area contributed by atoms with E-state index < -0.39 is 5.97 Å². The Morgan fingerprint density at radius 3 is 2.67 bits per heavy atom. The van der Waals surface area contributed by atoms with Crippen molar-refractivity contribution in [2.75, 3.05) is 7.11 Å². The molecule has 0 saturated heterocycles. The lowest BCUT2D eigenvalue weighted by atomic mass is 10.0. The SMILES string of the molecule is COc1cccc(/C(C#N)=C/c2ccccc2C(=O)O)c1. The van der Waals surface area contributed by atoms with Crippen LogP contribution in [0.1, 0.15) is 21.5 Å². The second kappa shape index (κ2) is 6.40. The summed E-state index contributed by atoms with van der Waals surface area (Å²) in [7, 11) is 1.55. The van der Waals surface area contributed by atoms with Crippen LogP contribution in [0.25, 0.3) is 11.6 Å². The number of carboxylic acids is 1. The fourth-order valence-corrected chi connectivity index (χ4v) is 1.94. The number of hydrogen-bond acceptors (Lipinski definition) is 3. The van der Waals surface area contributed by atoms with Gasteiger partial charge in [-0.25, -0.2) is 4.79 Å². The highest BCUT2D eigenvalue weighted by Crippen LogP contribution is 2.23. The van der Waals surface area contributed by atoms with Crippen LogP contribution < -0.4 is 4.74 Å². The molecular weight excluding hydrogens is 266 g/mol. The fraction of sp³-hybridized carbons (Fsp3) is 0.0588. The average Bonchev–Trinajstić information content (AvgIpc) is 2.52. The normalized spacial score (nSPS) is 10.8. The van der Waals surface area contributed by atoms with Gasteiger partial charge in [0.1, 0.15) is 5.75 Å². The van der Waals surface area contributed by atoms with Crippen LogP contribution >= 0.6 is 0 Å². The third kappa shape index (κ3) is 3.28. The Hall–Kier alpha value is -3.06. The van der Waals surface area contributed by atoms with Crippen LogP contribution in [0.3, 0.4) is 0 Å². The van der Waals surface area contributed by atoms with E-state index in [4.69, 9.17) is 4.74 Å². The number of carboxylic acid groups (broad SMARTS) is 1. The molecule has 0 bridgehead atoms. The highest BCUT2D eigenvalue weighted by molar-refractivity contribution is 5.97. The van der Waals surface area contributed by atoms with Crippen molar-refractivity contribution >= 4 is 17.6 Å². The Labute approximate surface area is 122 Å². The van der Waals surface area contributed by atoms with Crippen molar-refractivity contribution in [2.45, 2.75) is 0 Å². The van der Waals surface area contributed by atoms with E-state index in [0.717, 1.165) is 0 Å². The van der Waals surface area contributed by atoms with E-state index in [1.807, 2.05) is 0 Å². The lowest BCUT2D eigenvalue weighted by Crippen LogP contribution is -1.99. The van der Waals surface area contributed by atoms with Gasteiger partial charge in [-0.3, -0.25) is 0 Å². The molecule has 2 aromatic rings. The molecule has 2 aromatic carbocycles. The number of methoxy groups -OCH3 is 1. The molecule has 0 aliphatic carbocycles. The van der Waals surface area contributed by atoms with E-state index in [2.05, 4.69) is 6.07 Å². The molecule has 0 aliphatic heterocycles. The summed E-state index contributed by atoms with van der Waals surface area (Å²) in [4.78, 5) is 11.2. The summed E-state index contributed by atoms with van der Waals surface area (Å²) in [5, 5.41) is 18.5. The van der Waals surface area contributed by atoms with Gasteiger partial charge in [0, 0.05) is 0 Å². The van der Waals surface area contributed by atoms with Gasteiger partial charge in [0.25, 0.3) is 0 Å². The maximum atomic E-state index is 11.2. The molecule has 1 N–H and O–H groups in total. The molecular formula is C17H13NO3. The second-order valence-electron chi connectivity index (χ2n) is 4.29. The summed E-state index contributed by atoms with van der Waals surface area (Å²) in [6.07, 6.45) is 1.57. The topological polar surface area (TPSA) is 70.3 Å². The van der Waals surface area contributed by atoms with Crippen molar-refractivity contribution in [1.82, 2.24) is 0 Å². The monoisotopic (exact) mass is 279 g/mol. The van der Waals surface area contributed by atoms with E-state index >= 15 is 0 Å². The van der Waals surface area contributed by atoms with Gasteiger partial charge in [0.15, 0.2) is 0 Å². The van der Waals surface area contributed by atoms with Crippen LogP contribution in [0, 0.1) is 11.3 Å². The fourth-order valence-electron chi connectivity index (χ4n) is 1.94. The minimum absolute atomic E-state index is 0.160. The molecule has 0 saturated carbocycles. The molecule has 0 heterocycles. The minimum Gasteiger partial charge on any atom is -0.497 e. The first-order chi connectivity index (χ1) is 10.2. The van der Waals surface area contributed by atoms with Crippen molar-refractivity contribution in [3.05, 3.63) is 65.2 Å². The van der Waals surface area contributed by atoms with Gasteiger partial charge in [0.05, 0.1) is 24.3 Å². The van der Waals surface area contributed by atoms with Gasteiger partial charge < -0.3 is 9.84 Å². The molecule has 4 nitrogen and oxygen atoms in total. The van der Waals surface area contributed by atoms with Gasteiger partial charge in [-0.05, 0) is 35.4 Å². The summed E-state index contributed by atoms with van der Waals surface area (Å²) in [6, 6.07) is 15.7. The van der Waals surface area contributed by atoms with Gasteiger partial charge in [-0.15, -0.1) is 0 Å². The number of aromatic carboxylic acids is 1. The van der Waals surface area contributed by atoms with Crippen LogP contribution in [-0.2, 0) is 0 Å². The largest absolute Gasteiger partial charge is 0.497 e. The smallest absolute Gasteiger partial charge is 0.336 e. The zero-order valence-corrected chi connectivity index (χ0v) is 11.4.